The Balaban J connectivity index is 1.38. The first-order valence-corrected chi connectivity index (χ1v) is 14.2. The van der Waals surface area contributed by atoms with Crippen LogP contribution in [-0.4, -0.2) is 58.5 Å². The van der Waals surface area contributed by atoms with Gasteiger partial charge >= 0.3 is 5.97 Å². The summed E-state index contributed by atoms with van der Waals surface area (Å²) in [4.78, 5) is 26.2. The topological polar surface area (TPSA) is 66.8 Å². The van der Waals surface area contributed by atoms with E-state index in [9.17, 15) is 9.59 Å². The zero-order valence-corrected chi connectivity index (χ0v) is 21.9. The Morgan fingerprint density at radius 3 is 2.33 bits per heavy atom. The van der Waals surface area contributed by atoms with Crippen molar-refractivity contribution in [3.8, 4) is 11.1 Å². The first kappa shape index (κ1) is 26.6. The maximum atomic E-state index is 13.1. The monoisotopic (exact) mass is 507 g/mol. The molecule has 1 N–H and O–H groups in total. The molecule has 1 saturated carbocycles. The number of Topliss-reactive ketones (excluding diaryl/α,β-unsaturated/α-hetero) is 1. The highest BCUT2D eigenvalue weighted by Gasteiger charge is 2.45. The minimum Gasteiger partial charge on any atom is -0.481 e. The minimum absolute atomic E-state index is 0.0627. The number of allylic oxidation sites excluding steroid dienone is 2. The molecule has 0 spiro atoms. The summed E-state index contributed by atoms with van der Waals surface area (Å²) < 4.78 is 6.41. The summed E-state index contributed by atoms with van der Waals surface area (Å²) in [6.07, 6.45) is 6.82. The average Bonchev–Trinajstić information content (AvgIpc) is 3.20. The highest BCUT2D eigenvalue weighted by Crippen LogP contribution is 2.35. The summed E-state index contributed by atoms with van der Waals surface area (Å²) in [7, 11) is 0. The number of aliphatic carboxylic acids is 1. The van der Waals surface area contributed by atoms with E-state index in [4.69, 9.17) is 9.84 Å². The lowest BCUT2D eigenvalue weighted by Crippen LogP contribution is -2.47. The summed E-state index contributed by atoms with van der Waals surface area (Å²) >= 11 is 1.95. The van der Waals surface area contributed by atoms with Crippen LogP contribution in [0.3, 0.4) is 0 Å². The number of hydrogen-bond acceptors (Lipinski definition) is 5. The lowest BCUT2D eigenvalue weighted by molar-refractivity contribution is -0.136. The van der Waals surface area contributed by atoms with Crippen LogP contribution in [0, 0.1) is 12.8 Å². The Kier molecular flexibility index (Phi) is 9.79. The summed E-state index contributed by atoms with van der Waals surface area (Å²) in [5, 5.41) is 8.83. The molecule has 2 aliphatic rings. The Labute approximate surface area is 218 Å². The number of rotatable bonds is 11. The van der Waals surface area contributed by atoms with Gasteiger partial charge in [0.2, 0.25) is 0 Å². The number of carbonyl (C=O) groups excluding carboxylic acids is 1. The van der Waals surface area contributed by atoms with Crippen molar-refractivity contribution in [2.45, 2.75) is 57.8 Å². The third-order valence-corrected chi connectivity index (χ3v) is 8.16. The van der Waals surface area contributed by atoms with Crippen molar-refractivity contribution in [1.82, 2.24) is 4.90 Å². The van der Waals surface area contributed by atoms with Crippen molar-refractivity contribution in [2.24, 2.45) is 5.92 Å². The second-order valence-electron chi connectivity index (χ2n) is 9.82. The van der Waals surface area contributed by atoms with Gasteiger partial charge in [-0.05, 0) is 42.9 Å². The Hall–Kier alpha value is -2.41. The first-order chi connectivity index (χ1) is 17.5. The standard InChI is InChI=1S/C30H37NO4S/c1-22-8-12-24(13-9-22)25-14-10-23(11-15-25)21-35-28-20-27(32)30(31-16-18-36-19-17-31)26(28)6-4-2-3-5-7-29(33)34/h2-3,8-15,26,28,30H,4-7,16-21H2,1H3,(H,33,34)/b3-2-/t26-,28-,30+/m0/s1. The van der Waals surface area contributed by atoms with E-state index in [2.05, 4.69) is 66.4 Å². The maximum Gasteiger partial charge on any atom is 0.303 e. The molecule has 6 heteroatoms. The Bertz CT molecular complexity index is 1030. The van der Waals surface area contributed by atoms with Gasteiger partial charge in [-0.2, -0.15) is 11.8 Å². The van der Waals surface area contributed by atoms with Gasteiger partial charge in [0.15, 0.2) is 5.78 Å². The van der Waals surface area contributed by atoms with Gasteiger partial charge in [-0.15, -0.1) is 0 Å². The zero-order valence-electron chi connectivity index (χ0n) is 21.1. The van der Waals surface area contributed by atoms with Crippen LogP contribution in [0.4, 0.5) is 0 Å². The number of hydrogen-bond donors (Lipinski definition) is 1. The number of nitrogens with zero attached hydrogens (tertiary/aromatic N) is 1. The fraction of sp³-hybridized carbons (Fsp3) is 0.467. The predicted molar refractivity (Wildman–Crippen MR) is 146 cm³/mol. The SMILES string of the molecule is Cc1ccc(-c2ccc(CO[C@H]3CC(=O)[C@H](N4CCSCC4)[C@H]3CC/C=C\CCC(=O)O)cc2)cc1. The third kappa shape index (κ3) is 7.31. The van der Waals surface area contributed by atoms with Gasteiger partial charge in [-0.3, -0.25) is 14.5 Å². The highest BCUT2D eigenvalue weighted by atomic mass is 32.2. The largest absolute Gasteiger partial charge is 0.481 e. The number of carboxylic acids is 1. The summed E-state index contributed by atoms with van der Waals surface area (Å²) in [5.74, 6) is 1.84. The van der Waals surface area contributed by atoms with Crippen LogP contribution in [0.5, 0.6) is 0 Å². The van der Waals surface area contributed by atoms with Crippen molar-refractivity contribution in [3.63, 3.8) is 0 Å². The lowest BCUT2D eigenvalue weighted by Gasteiger charge is -2.35. The van der Waals surface area contributed by atoms with Crippen molar-refractivity contribution >= 4 is 23.5 Å². The number of carbonyl (C=O) groups is 2. The number of carboxylic acid groups (broad SMARTS) is 1. The van der Waals surface area contributed by atoms with E-state index >= 15 is 0 Å². The first-order valence-electron chi connectivity index (χ1n) is 13.0. The van der Waals surface area contributed by atoms with Gasteiger partial charge in [0, 0.05) is 43.4 Å². The van der Waals surface area contributed by atoms with Crippen LogP contribution < -0.4 is 0 Å². The number of ketones is 1. The lowest BCUT2D eigenvalue weighted by atomic mass is 9.93. The summed E-state index contributed by atoms with van der Waals surface area (Å²) in [6.45, 7) is 4.51. The molecule has 2 aromatic carbocycles. The Morgan fingerprint density at radius 2 is 1.67 bits per heavy atom. The molecule has 1 heterocycles. The van der Waals surface area contributed by atoms with E-state index < -0.39 is 5.97 Å². The van der Waals surface area contributed by atoms with E-state index in [0.717, 1.165) is 43.0 Å². The smallest absolute Gasteiger partial charge is 0.303 e. The van der Waals surface area contributed by atoms with Crippen LogP contribution in [-0.2, 0) is 20.9 Å². The van der Waals surface area contributed by atoms with Gasteiger partial charge in [0.1, 0.15) is 0 Å². The second-order valence-corrected chi connectivity index (χ2v) is 11.0. The van der Waals surface area contributed by atoms with Gasteiger partial charge in [0.05, 0.1) is 18.8 Å². The van der Waals surface area contributed by atoms with E-state index in [-0.39, 0.29) is 24.5 Å². The molecule has 2 fully saturated rings. The van der Waals surface area contributed by atoms with Crippen LogP contribution in [0.15, 0.2) is 60.7 Å². The molecule has 1 saturated heterocycles. The third-order valence-electron chi connectivity index (χ3n) is 7.22. The zero-order chi connectivity index (χ0) is 25.3. The molecular formula is C30H37NO4S. The number of thioether (sulfide) groups is 1. The predicted octanol–water partition coefficient (Wildman–Crippen LogP) is 5.75. The second kappa shape index (κ2) is 13.2. The van der Waals surface area contributed by atoms with Crippen LogP contribution in [0.2, 0.25) is 0 Å². The van der Waals surface area contributed by atoms with E-state index in [1.54, 1.807) is 0 Å². The maximum absolute atomic E-state index is 13.1. The van der Waals surface area contributed by atoms with Crippen molar-refractivity contribution in [3.05, 3.63) is 71.8 Å². The molecule has 192 valence electrons. The number of ether oxygens (including phenoxy) is 1. The van der Waals surface area contributed by atoms with Gasteiger partial charge in [-0.1, -0.05) is 66.2 Å². The van der Waals surface area contributed by atoms with Crippen LogP contribution >= 0.6 is 11.8 Å². The van der Waals surface area contributed by atoms with Gasteiger partial charge in [-0.25, -0.2) is 0 Å². The van der Waals surface area contributed by atoms with E-state index in [1.165, 1.54) is 16.7 Å². The van der Waals surface area contributed by atoms with Crippen molar-refractivity contribution in [1.29, 1.82) is 0 Å². The molecule has 2 aromatic rings. The summed E-state index contributed by atoms with van der Waals surface area (Å²) in [5.41, 5.74) is 4.75. The fourth-order valence-corrected chi connectivity index (χ4v) is 6.17. The van der Waals surface area contributed by atoms with Crippen molar-refractivity contribution < 1.29 is 19.4 Å². The Morgan fingerprint density at radius 1 is 1.03 bits per heavy atom. The highest BCUT2D eigenvalue weighted by molar-refractivity contribution is 7.99. The molecule has 4 rings (SSSR count). The molecule has 0 bridgehead atoms. The van der Waals surface area contributed by atoms with Crippen molar-refractivity contribution in [2.75, 3.05) is 24.6 Å². The molecule has 36 heavy (non-hydrogen) atoms. The molecule has 0 amide bonds. The molecular weight excluding hydrogens is 470 g/mol. The molecule has 1 aliphatic heterocycles. The molecule has 0 radical (unpaired) electrons. The van der Waals surface area contributed by atoms with Crippen LogP contribution in [0.1, 0.15) is 43.2 Å². The molecule has 5 nitrogen and oxygen atoms in total. The van der Waals surface area contributed by atoms with Crippen LogP contribution in [0.25, 0.3) is 11.1 Å². The number of benzene rings is 2. The average molecular weight is 508 g/mol. The molecule has 0 unspecified atom stereocenters. The van der Waals surface area contributed by atoms with E-state index in [0.29, 0.717) is 25.2 Å². The minimum atomic E-state index is -0.774. The summed E-state index contributed by atoms with van der Waals surface area (Å²) in [6, 6.07) is 17.0. The normalized spacial score (nSPS) is 22.9. The van der Waals surface area contributed by atoms with Gasteiger partial charge in [0.25, 0.3) is 0 Å². The van der Waals surface area contributed by atoms with Gasteiger partial charge < -0.3 is 9.84 Å². The molecule has 3 atom stereocenters. The molecule has 0 aromatic heterocycles. The fourth-order valence-electron chi connectivity index (χ4n) is 5.24. The number of aryl methyl sites for hydroxylation is 1. The quantitative estimate of drug-likeness (QED) is 0.391. The molecule has 1 aliphatic carbocycles. The van der Waals surface area contributed by atoms with E-state index in [1.807, 2.05) is 17.8 Å².